The number of hydrogen-bond acceptors (Lipinski definition) is 3. The predicted octanol–water partition coefficient (Wildman–Crippen LogP) is 3.75. The number of nitrogens with zero attached hydrogens (tertiary/aromatic N) is 2. The molecule has 0 saturated carbocycles. The maximum Gasteiger partial charge on any atom is 0.417 e. The zero-order chi connectivity index (χ0) is 18.8. The van der Waals surface area contributed by atoms with E-state index in [0.717, 1.165) is 23.8 Å². The van der Waals surface area contributed by atoms with Crippen LogP contribution in [0.25, 0.3) is 0 Å². The maximum atomic E-state index is 13.1. The molecule has 2 aromatic carbocycles. The minimum absolute atomic E-state index is 0.0748. The van der Waals surface area contributed by atoms with Crippen LogP contribution < -0.4 is 4.72 Å². The van der Waals surface area contributed by atoms with Crippen LogP contribution in [0.4, 0.5) is 19.0 Å². The van der Waals surface area contributed by atoms with E-state index < -0.39 is 26.7 Å². The number of aromatic nitrogens is 2. The quantitative estimate of drug-likeness (QED) is 0.732. The van der Waals surface area contributed by atoms with Crippen molar-refractivity contribution in [1.82, 2.24) is 9.78 Å². The van der Waals surface area contributed by atoms with Gasteiger partial charge in [0.2, 0.25) is 0 Å². The number of nitrogens with one attached hydrogen (secondary N) is 1. The summed E-state index contributed by atoms with van der Waals surface area (Å²) in [5.41, 5.74) is -0.353. The highest BCUT2D eigenvalue weighted by Crippen LogP contribution is 2.34. The highest BCUT2D eigenvalue weighted by Gasteiger charge is 2.37. The first-order chi connectivity index (χ1) is 12.3. The maximum absolute atomic E-state index is 13.1. The van der Waals surface area contributed by atoms with E-state index in [-0.39, 0.29) is 12.4 Å². The van der Waals surface area contributed by atoms with Crippen LogP contribution in [0.1, 0.15) is 11.1 Å². The Hall–Kier alpha value is -2.81. The van der Waals surface area contributed by atoms with Gasteiger partial charge < -0.3 is 0 Å². The van der Waals surface area contributed by atoms with Crippen molar-refractivity contribution in [3.63, 3.8) is 0 Å². The lowest BCUT2D eigenvalue weighted by Crippen LogP contribution is -2.20. The third-order valence-corrected chi connectivity index (χ3v) is 5.03. The lowest BCUT2D eigenvalue weighted by atomic mass is 10.2. The molecule has 0 spiro atoms. The van der Waals surface area contributed by atoms with E-state index in [1.165, 1.54) is 23.0 Å². The van der Waals surface area contributed by atoms with Crippen molar-refractivity contribution < 1.29 is 21.6 Å². The van der Waals surface area contributed by atoms with Crippen LogP contribution in [0.3, 0.4) is 0 Å². The second-order valence-corrected chi connectivity index (χ2v) is 7.11. The second-order valence-electron chi connectivity index (χ2n) is 5.46. The number of alkyl halides is 3. The summed E-state index contributed by atoms with van der Waals surface area (Å²) in [4.78, 5) is -0.833. The van der Waals surface area contributed by atoms with Crippen LogP contribution in [0, 0.1) is 0 Å². The van der Waals surface area contributed by atoms with E-state index in [4.69, 9.17) is 0 Å². The van der Waals surface area contributed by atoms with Crippen molar-refractivity contribution >= 4 is 15.8 Å². The molecule has 0 saturated heterocycles. The molecule has 5 nitrogen and oxygen atoms in total. The molecule has 9 heteroatoms. The van der Waals surface area contributed by atoms with E-state index in [2.05, 4.69) is 9.82 Å². The summed E-state index contributed by atoms with van der Waals surface area (Å²) in [6, 6.07) is 14.6. The van der Waals surface area contributed by atoms with Crippen molar-refractivity contribution in [2.24, 2.45) is 0 Å². The molecule has 3 aromatic rings. The summed E-state index contributed by atoms with van der Waals surface area (Å²) in [5, 5.41) is 4.03. The standard InChI is InChI=1S/C17H14F3N3O2S/c18-17(19,20)14-8-4-5-9-15(14)26(24,25)22-16-10-11-21-23(16)12-13-6-2-1-3-7-13/h1-11,22H,12H2. The third-order valence-electron chi connectivity index (χ3n) is 3.61. The number of sulfonamides is 1. The molecule has 3 rings (SSSR count). The molecule has 0 bridgehead atoms. The van der Waals surface area contributed by atoms with Gasteiger partial charge in [-0.25, -0.2) is 13.1 Å². The monoisotopic (exact) mass is 381 g/mol. The van der Waals surface area contributed by atoms with Gasteiger partial charge in [0.25, 0.3) is 10.0 Å². The second kappa shape index (κ2) is 6.83. The number of anilines is 1. The topological polar surface area (TPSA) is 64.0 Å². The molecule has 1 N–H and O–H groups in total. The summed E-state index contributed by atoms with van der Waals surface area (Å²) in [7, 11) is -4.44. The molecule has 1 aromatic heterocycles. The Labute approximate surface area is 148 Å². The van der Waals surface area contributed by atoms with Gasteiger partial charge in [-0.2, -0.15) is 18.3 Å². The number of hydrogen-bond donors (Lipinski definition) is 1. The molecule has 0 fully saturated rings. The molecule has 1 heterocycles. The van der Waals surface area contributed by atoms with E-state index in [1.807, 2.05) is 30.3 Å². The molecule has 26 heavy (non-hydrogen) atoms. The Balaban J connectivity index is 1.92. The van der Waals surface area contributed by atoms with E-state index in [9.17, 15) is 21.6 Å². The van der Waals surface area contributed by atoms with Gasteiger partial charge in [-0.05, 0) is 17.7 Å². The highest BCUT2D eigenvalue weighted by molar-refractivity contribution is 7.92. The average molecular weight is 381 g/mol. The van der Waals surface area contributed by atoms with E-state index in [0.29, 0.717) is 0 Å². The minimum atomic E-state index is -4.78. The first-order valence-corrected chi connectivity index (χ1v) is 9.00. The van der Waals surface area contributed by atoms with Crippen molar-refractivity contribution in [1.29, 1.82) is 0 Å². The molecular weight excluding hydrogens is 367 g/mol. The zero-order valence-electron chi connectivity index (χ0n) is 13.3. The van der Waals surface area contributed by atoms with Crippen molar-refractivity contribution in [3.05, 3.63) is 78.0 Å². The molecule has 0 radical (unpaired) electrons. The van der Waals surface area contributed by atoms with Crippen LogP contribution in [-0.2, 0) is 22.7 Å². The van der Waals surface area contributed by atoms with Crippen LogP contribution >= 0.6 is 0 Å². The molecular formula is C17H14F3N3O2S. The lowest BCUT2D eigenvalue weighted by molar-refractivity contribution is -0.139. The van der Waals surface area contributed by atoms with Gasteiger partial charge in [0.05, 0.1) is 23.2 Å². The molecule has 0 amide bonds. The summed E-state index contributed by atoms with van der Waals surface area (Å²) >= 11 is 0. The van der Waals surface area contributed by atoms with Gasteiger partial charge in [0.1, 0.15) is 5.82 Å². The van der Waals surface area contributed by atoms with Gasteiger partial charge in [-0.15, -0.1) is 0 Å². The van der Waals surface area contributed by atoms with Crippen molar-refractivity contribution in [2.45, 2.75) is 17.6 Å². The molecule has 0 atom stereocenters. The summed E-state index contributed by atoms with van der Waals surface area (Å²) < 4.78 is 67.9. The summed E-state index contributed by atoms with van der Waals surface area (Å²) in [6.45, 7) is 0.270. The van der Waals surface area contributed by atoms with Gasteiger partial charge in [-0.1, -0.05) is 42.5 Å². The van der Waals surface area contributed by atoms with Crippen LogP contribution in [0.15, 0.2) is 71.8 Å². The van der Waals surface area contributed by atoms with Gasteiger partial charge >= 0.3 is 6.18 Å². The average Bonchev–Trinajstić information content (AvgIpc) is 3.01. The minimum Gasteiger partial charge on any atom is -0.264 e. The third kappa shape index (κ3) is 3.88. The number of benzene rings is 2. The van der Waals surface area contributed by atoms with Crippen LogP contribution in [0.5, 0.6) is 0 Å². The molecule has 0 aliphatic heterocycles. The largest absolute Gasteiger partial charge is 0.417 e. The molecule has 136 valence electrons. The Morgan fingerprint density at radius 2 is 1.62 bits per heavy atom. The fourth-order valence-electron chi connectivity index (χ4n) is 2.43. The SMILES string of the molecule is O=S(=O)(Nc1ccnn1Cc1ccccc1)c1ccccc1C(F)(F)F. The van der Waals surface area contributed by atoms with Crippen molar-refractivity contribution in [3.8, 4) is 0 Å². The predicted molar refractivity (Wildman–Crippen MR) is 90.0 cm³/mol. The Kier molecular flexibility index (Phi) is 4.73. The van der Waals surface area contributed by atoms with E-state index in [1.54, 1.807) is 0 Å². The molecule has 0 aliphatic carbocycles. The van der Waals surface area contributed by atoms with Crippen molar-refractivity contribution in [2.75, 3.05) is 4.72 Å². The highest BCUT2D eigenvalue weighted by atomic mass is 32.2. The van der Waals surface area contributed by atoms with Gasteiger partial charge in [0, 0.05) is 6.07 Å². The van der Waals surface area contributed by atoms with Gasteiger partial charge in [-0.3, -0.25) is 4.72 Å². The first-order valence-electron chi connectivity index (χ1n) is 7.52. The fraction of sp³-hybridized carbons (Fsp3) is 0.118. The van der Waals surface area contributed by atoms with Gasteiger partial charge in [0.15, 0.2) is 0 Å². The summed E-state index contributed by atoms with van der Waals surface area (Å²) in [6.07, 6.45) is -3.41. The molecule has 0 aliphatic rings. The van der Waals surface area contributed by atoms with Crippen LogP contribution in [0.2, 0.25) is 0 Å². The number of rotatable bonds is 5. The lowest BCUT2D eigenvalue weighted by Gasteiger charge is -2.15. The van der Waals surface area contributed by atoms with Crippen LogP contribution in [-0.4, -0.2) is 18.2 Å². The van der Waals surface area contributed by atoms with E-state index >= 15 is 0 Å². The number of halogens is 3. The summed E-state index contributed by atoms with van der Waals surface area (Å²) in [5.74, 6) is 0.0748. The fourth-order valence-corrected chi connectivity index (χ4v) is 3.72. The smallest absolute Gasteiger partial charge is 0.264 e. The first kappa shape index (κ1) is 18.0. The Morgan fingerprint density at radius 1 is 0.962 bits per heavy atom. The Morgan fingerprint density at radius 3 is 2.31 bits per heavy atom. The molecule has 0 unspecified atom stereocenters. The normalized spacial score (nSPS) is 12.1. The zero-order valence-corrected chi connectivity index (χ0v) is 14.1. The Bertz CT molecular complexity index is 999.